The lowest BCUT2D eigenvalue weighted by Crippen LogP contribution is -2.33. The first kappa shape index (κ1) is 16.4. The molecule has 5 atom stereocenters. The first-order chi connectivity index (χ1) is 11.4. The van der Waals surface area contributed by atoms with Crippen LogP contribution in [0.2, 0.25) is 0 Å². The van der Waals surface area contributed by atoms with Gasteiger partial charge in [-0.2, -0.15) is 0 Å². The molecule has 0 spiro atoms. The molecule has 0 aromatic heterocycles. The molecule has 5 unspecified atom stereocenters. The van der Waals surface area contributed by atoms with Gasteiger partial charge in [-0.15, -0.1) is 0 Å². The van der Waals surface area contributed by atoms with Crippen LogP contribution in [0.4, 0.5) is 0 Å². The van der Waals surface area contributed by atoms with Gasteiger partial charge in [-0.3, -0.25) is 0 Å². The van der Waals surface area contributed by atoms with Gasteiger partial charge in [0, 0.05) is 0 Å². The molecule has 0 heterocycles. The molecular weight excluding hydrogens is 280 g/mol. The van der Waals surface area contributed by atoms with E-state index in [1.54, 1.807) is 0 Å². The highest BCUT2D eigenvalue weighted by atomic mass is 16.5. The molecule has 0 aromatic rings. The van der Waals surface area contributed by atoms with Crippen molar-refractivity contribution in [1.82, 2.24) is 0 Å². The number of rotatable bonds is 4. The minimum atomic E-state index is 0.613. The quantitative estimate of drug-likeness (QED) is 0.586. The predicted molar refractivity (Wildman–Crippen MR) is 96.4 cm³/mol. The first-order valence-electron chi connectivity index (χ1n) is 11.0. The molecule has 132 valence electrons. The van der Waals surface area contributed by atoms with Crippen molar-refractivity contribution >= 4 is 0 Å². The molecule has 4 saturated carbocycles. The first-order valence-corrected chi connectivity index (χ1v) is 11.0. The van der Waals surface area contributed by atoms with Gasteiger partial charge < -0.3 is 4.74 Å². The Labute approximate surface area is 143 Å². The predicted octanol–water partition coefficient (Wildman–Crippen LogP) is 6.36. The van der Waals surface area contributed by atoms with Gasteiger partial charge in [0.25, 0.3) is 0 Å². The zero-order valence-corrected chi connectivity index (χ0v) is 15.2. The van der Waals surface area contributed by atoms with Gasteiger partial charge in [0.05, 0.1) is 12.7 Å². The molecule has 0 saturated heterocycles. The van der Waals surface area contributed by atoms with Gasteiger partial charge >= 0.3 is 0 Å². The number of fused-ring (bicyclic) bond motifs is 1. The smallest absolute Gasteiger partial charge is 0.0578 e. The van der Waals surface area contributed by atoms with Crippen molar-refractivity contribution in [2.75, 3.05) is 6.61 Å². The van der Waals surface area contributed by atoms with Crippen LogP contribution < -0.4 is 0 Å². The lowest BCUT2D eigenvalue weighted by atomic mass is 9.70. The Balaban J connectivity index is 1.25. The summed E-state index contributed by atoms with van der Waals surface area (Å²) in [6, 6.07) is 0. The summed E-state index contributed by atoms with van der Waals surface area (Å²) in [5.74, 6) is 5.04. The van der Waals surface area contributed by atoms with Crippen LogP contribution in [0, 0.1) is 29.6 Å². The van der Waals surface area contributed by atoms with E-state index < -0.39 is 0 Å². The van der Waals surface area contributed by atoms with Crippen molar-refractivity contribution in [2.45, 2.75) is 102 Å². The molecule has 0 bridgehead atoms. The molecule has 0 aliphatic heterocycles. The van der Waals surface area contributed by atoms with E-state index >= 15 is 0 Å². The average Bonchev–Trinajstić information content (AvgIpc) is 3.09. The maximum absolute atomic E-state index is 6.54. The van der Waals surface area contributed by atoms with Crippen LogP contribution in [0.3, 0.4) is 0 Å². The fourth-order valence-electron chi connectivity index (χ4n) is 6.70. The Hall–Kier alpha value is -0.0400. The summed E-state index contributed by atoms with van der Waals surface area (Å²) < 4.78 is 6.54. The lowest BCUT2D eigenvalue weighted by Gasteiger charge is -2.40. The van der Waals surface area contributed by atoms with Gasteiger partial charge in [0.15, 0.2) is 0 Å². The number of hydrogen-bond acceptors (Lipinski definition) is 1. The molecule has 23 heavy (non-hydrogen) atoms. The van der Waals surface area contributed by atoms with Crippen LogP contribution in [0.15, 0.2) is 0 Å². The van der Waals surface area contributed by atoms with Gasteiger partial charge in [-0.05, 0) is 61.7 Å². The van der Waals surface area contributed by atoms with E-state index in [9.17, 15) is 0 Å². The average molecular weight is 319 g/mol. The maximum Gasteiger partial charge on any atom is 0.0578 e. The van der Waals surface area contributed by atoms with Gasteiger partial charge in [-0.1, -0.05) is 64.2 Å². The lowest BCUT2D eigenvalue weighted by molar-refractivity contribution is -0.0360. The molecule has 0 aromatic carbocycles. The Morgan fingerprint density at radius 2 is 1.30 bits per heavy atom. The van der Waals surface area contributed by atoms with Crippen LogP contribution in [0.5, 0.6) is 0 Å². The van der Waals surface area contributed by atoms with Crippen molar-refractivity contribution < 1.29 is 4.74 Å². The molecule has 0 N–H and O–H groups in total. The van der Waals surface area contributed by atoms with E-state index in [1.807, 2.05) is 0 Å². The second-order valence-corrected chi connectivity index (χ2v) is 9.33. The van der Waals surface area contributed by atoms with Crippen molar-refractivity contribution in [3.05, 3.63) is 0 Å². The second-order valence-electron chi connectivity index (χ2n) is 9.33. The summed E-state index contributed by atoms with van der Waals surface area (Å²) in [4.78, 5) is 0. The Morgan fingerprint density at radius 1 is 0.565 bits per heavy atom. The van der Waals surface area contributed by atoms with Crippen LogP contribution in [-0.2, 0) is 4.74 Å². The zero-order chi connectivity index (χ0) is 15.5. The summed E-state index contributed by atoms with van der Waals surface area (Å²) >= 11 is 0. The van der Waals surface area contributed by atoms with Gasteiger partial charge in [0.2, 0.25) is 0 Å². The SMILES string of the molecule is C1CCC(C2CCCC2COC2CCC3CCCCC3C2)CC1. The zero-order valence-electron chi connectivity index (χ0n) is 15.2. The van der Waals surface area contributed by atoms with Crippen molar-refractivity contribution in [3.8, 4) is 0 Å². The summed E-state index contributed by atoms with van der Waals surface area (Å²) in [5, 5.41) is 0. The van der Waals surface area contributed by atoms with Crippen LogP contribution in [0.25, 0.3) is 0 Å². The third-order valence-corrected chi connectivity index (χ3v) is 8.01. The third-order valence-electron chi connectivity index (χ3n) is 8.01. The standard InChI is InChI=1S/C22H38O/c1-2-8-18(9-3-1)22-12-6-11-20(22)16-23-21-14-13-17-7-4-5-10-19(17)15-21/h17-22H,1-16H2. The number of ether oxygens (including phenoxy) is 1. The minimum Gasteiger partial charge on any atom is -0.378 e. The van der Waals surface area contributed by atoms with E-state index in [1.165, 1.54) is 96.3 Å². The van der Waals surface area contributed by atoms with Gasteiger partial charge in [0.1, 0.15) is 0 Å². The normalized spacial score (nSPS) is 42.5. The van der Waals surface area contributed by atoms with E-state index in [0.717, 1.165) is 36.2 Å². The fraction of sp³-hybridized carbons (Fsp3) is 1.00. The van der Waals surface area contributed by atoms with Gasteiger partial charge in [-0.25, -0.2) is 0 Å². The number of hydrogen-bond donors (Lipinski definition) is 0. The second kappa shape index (κ2) is 7.89. The molecule has 1 heteroatoms. The fourth-order valence-corrected chi connectivity index (χ4v) is 6.70. The monoisotopic (exact) mass is 318 g/mol. The third kappa shape index (κ3) is 3.97. The van der Waals surface area contributed by atoms with Crippen molar-refractivity contribution in [2.24, 2.45) is 29.6 Å². The van der Waals surface area contributed by atoms with E-state index in [-0.39, 0.29) is 0 Å². The summed E-state index contributed by atoms with van der Waals surface area (Å²) in [6.07, 6.45) is 22.8. The van der Waals surface area contributed by atoms with Crippen LogP contribution in [0.1, 0.15) is 96.3 Å². The molecule has 0 amide bonds. The molecule has 4 aliphatic rings. The van der Waals surface area contributed by atoms with Crippen molar-refractivity contribution in [1.29, 1.82) is 0 Å². The highest BCUT2D eigenvalue weighted by Crippen LogP contribution is 2.44. The maximum atomic E-state index is 6.54. The molecular formula is C22H38O. The van der Waals surface area contributed by atoms with E-state index in [2.05, 4.69) is 0 Å². The minimum absolute atomic E-state index is 0.613. The molecule has 4 aliphatic carbocycles. The summed E-state index contributed by atoms with van der Waals surface area (Å²) in [6.45, 7) is 1.10. The largest absolute Gasteiger partial charge is 0.378 e. The Bertz CT molecular complexity index is 359. The van der Waals surface area contributed by atoms with E-state index in [4.69, 9.17) is 4.74 Å². The highest BCUT2D eigenvalue weighted by molar-refractivity contribution is 4.86. The Kier molecular flexibility index (Phi) is 5.64. The Morgan fingerprint density at radius 3 is 2.17 bits per heavy atom. The van der Waals surface area contributed by atoms with E-state index in [0.29, 0.717) is 6.10 Å². The van der Waals surface area contributed by atoms with Crippen LogP contribution >= 0.6 is 0 Å². The molecule has 1 nitrogen and oxygen atoms in total. The highest BCUT2D eigenvalue weighted by Gasteiger charge is 2.36. The molecule has 0 radical (unpaired) electrons. The van der Waals surface area contributed by atoms with Crippen LogP contribution in [-0.4, -0.2) is 12.7 Å². The summed E-state index contributed by atoms with van der Waals surface area (Å²) in [5.41, 5.74) is 0. The molecule has 4 fully saturated rings. The molecule has 4 rings (SSSR count). The van der Waals surface area contributed by atoms with Crippen molar-refractivity contribution in [3.63, 3.8) is 0 Å². The summed E-state index contributed by atoms with van der Waals surface area (Å²) in [7, 11) is 0. The topological polar surface area (TPSA) is 9.23 Å².